The molecule has 1 aromatic heterocycles. The topological polar surface area (TPSA) is 57.8 Å². The molecule has 4 heteroatoms. The quantitative estimate of drug-likeness (QED) is 0.851. The Bertz CT molecular complexity index is 559. The van der Waals surface area contributed by atoms with Gasteiger partial charge in [-0.1, -0.05) is 6.92 Å². The summed E-state index contributed by atoms with van der Waals surface area (Å²) in [7, 11) is 0. The van der Waals surface area contributed by atoms with E-state index in [9.17, 15) is 4.79 Å². The fourth-order valence-electron chi connectivity index (χ4n) is 2.23. The third-order valence-corrected chi connectivity index (χ3v) is 3.21. The maximum Gasteiger partial charge on any atom is 0.143 e. The Morgan fingerprint density at radius 1 is 1.50 bits per heavy atom. The summed E-state index contributed by atoms with van der Waals surface area (Å²) in [5.41, 5.74) is 3.51. The molecule has 0 aliphatic carbocycles. The number of benzene rings is 1. The van der Waals surface area contributed by atoms with Crippen LogP contribution in [0.3, 0.4) is 0 Å². The van der Waals surface area contributed by atoms with Crippen molar-refractivity contribution in [2.45, 2.75) is 33.2 Å². The highest BCUT2D eigenvalue weighted by atomic mass is 16.1. The molecule has 0 aliphatic heterocycles. The molecule has 2 N–H and O–H groups in total. The van der Waals surface area contributed by atoms with Gasteiger partial charge in [-0.25, -0.2) is 0 Å². The summed E-state index contributed by atoms with van der Waals surface area (Å²) >= 11 is 0. The van der Waals surface area contributed by atoms with Crippen molar-refractivity contribution in [2.24, 2.45) is 0 Å². The molecule has 2 rings (SSSR count). The molecule has 18 heavy (non-hydrogen) atoms. The van der Waals surface area contributed by atoms with Crippen molar-refractivity contribution < 1.29 is 4.79 Å². The van der Waals surface area contributed by atoms with Crippen LogP contribution in [0.1, 0.15) is 37.4 Å². The number of fused-ring (bicyclic) bond motifs is 1. The van der Waals surface area contributed by atoms with Gasteiger partial charge in [0.2, 0.25) is 0 Å². The van der Waals surface area contributed by atoms with Gasteiger partial charge in [-0.05, 0) is 43.5 Å². The van der Waals surface area contributed by atoms with Crippen LogP contribution < -0.4 is 5.32 Å². The maximum atomic E-state index is 11.1. The number of Topliss-reactive ketones (excluding diaryl/α,β-unsaturated/α-hetero) is 1. The zero-order chi connectivity index (χ0) is 13.1. The van der Waals surface area contributed by atoms with Gasteiger partial charge in [-0.15, -0.1) is 0 Å². The number of hydrogen-bond acceptors (Lipinski definition) is 3. The number of carbonyl (C=O) groups is 1. The predicted molar refractivity (Wildman–Crippen MR) is 72.5 cm³/mol. The van der Waals surface area contributed by atoms with Crippen molar-refractivity contribution in [3.8, 4) is 0 Å². The Hall–Kier alpha value is -1.68. The van der Waals surface area contributed by atoms with E-state index in [1.165, 1.54) is 11.1 Å². The number of aromatic amines is 1. The lowest BCUT2D eigenvalue weighted by Gasteiger charge is -2.19. The molecule has 96 valence electrons. The molecule has 4 nitrogen and oxygen atoms in total. The SMILES string of the molecule is CC[C@H](NCC(C)=O)c1cc2cn[nH]c2cc1C. The van der Waals surface area contributed by atoms with Crippen molar-refractivity contribution in [3.05, 3.63) is 29.5 Å². The van der Waals surface area contributed by atoms with Crippen LogP contribution in [0.15, 0.2) is 18.3 Å². The number of H-pyrrole nitrogens is 1. The Kier molecular flexibility index (Phi) is 3.77. The van der Waals surface area contributed by atoms with E-state index in [1.807, 2.05) is 6.20 Å². The second kappa shape index (κ2) is 5.31. The summed E-state index contributed by atoms with van der Waals surface area (Å²) in [6.07, 6.45) is 2.79. The Balaban J connectivity index is 2.31. The largest absolute Gasteiger partial charge is 0.303 e. The van der Waals surface area contributed by atoms with Crippen molar-refractivity contribution in [1.82, 2.24) is 15.5 Å². The summed E-state index contributed by atoms with van der Waals surface area (Å²) < 4.78 is 0. The highest BCUT2D eigenvalue weighted by Gasteiger charge is 2.13. The van der Waals surface area contributed by atoms with E-state index in [1.54, 1.807) is 6.92 Å². The first-order valence-corrected chi connectivity index (χ1v) is 6.28. The lowest BCUT2D eigenvalue weighted by Crippen LogP contribution is -2.26. The van der Waals surface area contributed by atoms with E-state index >= 15 is 0 Å². The van der Waals surface area contributed by atoms with Gasteiger partial charge in [0.25, 0.3) is 0 Å². The Labute approximate surface area is 107 Å². The van der Waals surface area contributed by atoms with Gasteiger partial charge in [0, 0.05) is 11.4 Å². The lowest BCUT2D eigenvalue weighted by atomic mass is 9.97. The fraction of sp³-hybridized carbons (Fsp3) is 0.429. The first kappa shape index (κ1) is 12.8. The molecule has 0 saturated carbocycles. The van der Waals surface area contributed by atoms with Crippen molar-refractivity contribution in [1.29, 1.82) is 0 Å². The van der Waals surface area contributed by atoms with Crippen LogP contribution in [0.25, 0.3) is 10.9 Å². The van der Waals surface area contributed by atoms with E-state index in [4.69, 9.17) is 0 Å². The summed E-state index contributed by atoms with van der Waals surface area (Å²) in [4.78, 5) is 11.1. The van der Waals surface area contributed by atoms with Gasteiger partial charge in [0.15, 0.2) is 0 Å². The van der Waals surface area contributed by atoms with Gasteiger partial charge in [0.05, 0.1) is 18.3 Å². The zero-order valence-corrected chi connectivity index (χ0v) is 11.1. The molecule has 0 aliphatic rings. The average molecular weight is 245 g/mol. The van der Waals surface area contributed by atoms with E-state index in [0.29, 0.717) is 6.54 Å². The normalized spacial score (nSPS) is 12.8. The first-order chi connectivity index (χ1) is 8.61. The number of aromatic nitrogens is 2. The fourth-order valence-corrected chi connectivity index (χ4v) is 2.23. The van der Waals surface area contributed by atoms with Gasteiger partial charge in [-0.3, -0.25) is 9.89 Å². The molecule has 1 heterocycles. The molecular formula is C14H19N3O. The molecule has 2 aromatic rings. The summed E-state index contributed by atoms with van der Waals surface area (Å²) in [5.74, 6) is 0.162. The van der Waals surface area contributed by atoms with Crippen molar-refractivity contribution >= 4 is 16.7 Å². The number of nitrogens with zero attached hydrogens (tertiary/aromatic N) is 1. The second-order valence-corrected chi connectivity index (χ2v) is 4.71. The molecule has 0 saturated heterocycles. The standard InChI is InChI=1S/C14H19N3O/c1-4-13(15-7-10(3)18)12-6-11-8-16-17-14(11)5-9(12)2/h5-6,8,13,15H,4,7H2,1-3H3,(H,16,17)/t13-/m0/s1. The molecule has 0 fully saturated rings. The highest BCUT2D eigenvalue weighted by Crippen LogP contribution is 2.25. The average Bonchev–Trinajstić information content (AvgIpc) is 2.76. The molecule has 0 bridgehead atoms. The molecule has 0 spiro atoms. The molecule has 1 atom stereocenters. The second-order valence-electron chi connectivity index (χ2n) is 4.71. The Morgan fingerprint density at radius 2 is 2.28 bits per heavy atom. The molecular weight excluding hydrogens is 226 g/mol. The lowest BCUT2D eigenvalue weighted by molar-refractivity contribution is -0.116. The summed E-state index contributed by atoms with van der Waals surface area (Å²) in [6.45, 7) is 6.23. The minimum Gasteiger partial charge on any atom is -0.303 e. The van der Waals surface area contributed by atoms with E-state index < -0.39 is 0 Å². The molecule has 0 radical (unpaired) electrons. The van der Waals surface area contributed by atoms with Crippen LogP contribution in [-0.2, 0) is 4.79 Å². The summed E-state index contributed by atoms with van der Waals surface area (Å²) in [6, 6.07) is 4.47. The molecule has 0 unspecified atom stereocenters. The van der Waals surface area contributed by atoms with Crippen LogP contribution >= 0.6 is 0 Å². The van der Waals surface area contributed by atoms with E-state index in [-0.39, 0.29) is 11.8 Å². The third-order valence-electron chi connectivity index (χ3n) is 3.21. The van der Waals surface area contributed by atoms with Crippen LogP contribution in [-0.4, -0.2) is 22.5 Å². The van der Waals surface area contributed by atoms with Gasteiger partial charge < -0.3 is 5.32 Å². The molecule has 0 amide bonds. The number of aryl methyl sites for hydroxylation is 1. The van der Waals surface area contributed by atoms with Gasteiger partial charge >= 0.3 is 0 Å². The molecule has 1 aromatic carbocycles. The van der Waals surface area contributed by atoms with Crippen molar-refractivity contribution in [2.75, 3.05) is 6.54 Å². The highest BCUT2D eigenvalue weighted by molar-refractivity contribution is 5.80. The van der Waals surface area contributed by atoms with Crippen molar-refractivity contribution in [3.63, 3.8) is 0 Å². The number of carbonyl (C=O) groups excluding carboxylic acids is 1. The van der Waals surface area contributed by atoms with E-state index in [0.717, 1.165) is 17.3 Å². The number of hydrogen-bond donors (Lipinski definition) is 2. The van der Waals surface area contributed by atoms with E-state index in [2.05, 4.69) is 41.5 Å². The maximum absolute atomic E-state index is 11.1. The monoisotopic (exact) mass is 245 g/mol. The van der Waals surface area contributed by atoms with Crippen LogP contribution in [0, 0.1) is 6.92 Å². The first-order valence-electron chi connectivity index (χ1n) is 6.28. The minimum atomic E-state index is 0.162. The van der Waals surface area contributed by atoms with Gasteiger partial charge in [-0.2, -0.15) is 5.10 Å². The number of ketones is 1. The predicted octanol–water partition coefficient (Wildman–Crippen LogP) is 2.50. The number of rotatable bonds is 5. The third kappa shape index (κ3) is 2.59. The Morgan fingerprint density at radius 3 is 2.94 bits per heavy atom. The van der Waals surface area contributed by atoms with Gasteiger partial charge in [0.1, 0.15) is 5.78 Å². The zero-order valence-electron chi connectivity index (χ0n) is 11.1. The summed E-state index contributed by atoms with van der Waals surface area (Å²) in [5, 5.41) is 11.4. The van der Waals surface area contributed by atoms with Crippen LogP contribution in [0.5, 0.6) is 0 Å². The smallest absolute Gasteiger partial charge is 0.143 e. The number of nitrogens with one attached hydrogen (secondary N) is 2. The van der Waals surface area contributed by atoms with Crippen LogP contribution in [0.2, 0.25) is 0 Å². The minimum absolute atomic E-state index is 0.162. The van der Waals surface area contributed by atoms with Crippen LogP contribution in [0.4, 0.5) is 0 Å².